The first-order chi connectivity index (χ1) is 7.90. The van der Waals surface area contributed by atoms with E-state index in [4.69, 9.17) is 11.6 Å². The molecule has 17 heavy (non-hydrogen) atoms. The number of nitrogens with one attached hydrogen (secondary N) is 2. The molecule has 1 amide bonds. The van der Waals surface area contributed by atoms with E-state index in [2.05, 4.69) is 10.6 Å². The third-order valence-corrected chi connectivity index (χ3v) is 2.51. The second kappa shape index (κ2) is 5.98. The third-order valence-electron chi connectivity index (χ3n) is 2.19. The summed E-state index contributed by atoms with van der Waals surface area (Å²) in [5.74, 6) is -0.583. The SMILES string of the molecule is Cc1cc(NC(=O)CNC(C)C)c(Cl)cc1F. The molecule has 3 nitrogen and oxygen atoms in total. The van der Waals surface area contributed by atoms with Crippen LogP contribution in [0.4, 0.5) is 10.1 Å². The van der Waals surface area contributed by atoms with Crippen molar-refractivity contribution in [2.75, 3.05) is 11.9 Å². The smallest absolute Gasteiger partial charge is 0.238 e. The van der Waals surface area contributed by atoms with Gasteiger partial charge in [-0.1, -0.05) is 25.4 Å². The highest BCUT2D eigenvalue weighted by atomic mass is 35.5. The van der Waals surface area contributed by atoms with Gasteiger partial charge in [0.2, 0.25) is 5.91 Å². The van der Waals surface area contributed by atoms with Crippen LogP contribution in [0.2, 0.25) is 5.02 Å². The largest absolute Gasteiger partial charge is 0.324 e. The van der Waals surface area contributed by atoms with E-state index < -0.39 is 0 Å². The van der Waals surface area contributed by atoms with Crippen LogP contribution in [0.5, 0.6) is 0 Å². The highest BCUT2D eigenvalue weighted by Crippen LogP contribution is 2.24. The van der Waals surface area contributed by atoms with E-state index in [1.165, 1.54) is 12.1 Å². The number of aryl methyl sites for hydroxylation is 1. The van der Waals surface area contributed by atoms with Crippen molar-refractivity contribution in [3.05, 3.63) is 28.5 Å². The van der Waals surface area contributed by atoms with E-state index in [0.717, 1.165) is 0 Å². The fourth-order valence-electron chi connectivity index (χ4n) is 1.24. The minimum absolute atomic E-state index is 0.199. The molecule has 94 valence electrons. The van der Waals surface area contributed by atoms with Gasteiger partial charge in [-0.25, -0.2) is 4.39 Å². The topological polar surface area (TPSA) is 41.1 Å². The van der Waals surface area contributed by atoms with Crippen molar-refractivity contribution in [2.45, 2.75) is 26.8 Å². The van der Waals surface area contributed by atoms with Crippen molar-refractivity contribution in [1.29, 1.82) is 0 Å². The lowest BCUT2D eigenvalue weighted by molar-refractivity contribution is -0.115. The molecule has 0 aliphatic heterocycles. The van der Waals surface area contributed by atoms with Gasteiger partial charge in [-0.2, -0.15) is 0 Å². The maximum absolute atomic E-state index is 13.1. The van der Waals surface area contributed by atoms with Crippen molar-refractivity contribution >= 4 is 23.2 Å². The molecule has 0 atom stereocenters. The average Bonchev–Trinajstić information content (AvgIpc) is 2.23. The zero-order valence-electron chi connectivity index (χ0n) is 10.1. The van der Waals surface area contributed by atoms with Crippen molar-refractivity contribution in [3.63, 3.8) is 0 Å². The summed E-state index contributed by atoms with van der Waals surface area (Å²) in [6.07, 6.45) is 0. The van der Waals surface area contributed by atoms with Crippen LogP contribution in [-0.4, -0.2) is 18.5 Å². The number of hydrogen-bond donors (Lipinski definition) is 2. The van der Waals surface area contributed by atoms with Gasteiger partial charge in [0, 0.05) is 6.04 Å². The molecule has 0 aliphatic rings. The van der Waals surface area contributed by atoms with E-state index in [1.807, 2.05) is 13.8 Å². The van der Waals surface area contributed by atoms with Gasteiger partial charge in [0.1, 0.15) is 5.82 Å². The number of anilines is 1. The molecule has 0 bridgehead atoms. The van der Waals surface area contributed by atoms with Gasteiger partial charge in [0.05, 0.1) is 17.3 Å². The van der Waals surface area contributed by atoms with Crippen LogP contribution in [0, 0.1) is 12.7 Å². The van der Waals surface area contributed by atoms with Crippen LogP contribution in [0.25, 0.3) is 0 Å². The number of rotatable bonds is 4. The molecule has 1 aromatic carbocycles. The second-order valence-electron chi connectivity index (χ2n) is 4.17. The van der Waals surface area contributed by atoms with Gasteiger partial charge < -0.3 is 10.6 Å². The number of benzene rings is 1. The van der Waals surface area contributed by atoms with Crippen molar-refractivity contribution in [3.8, 4) is 0 Å². The van der Waals surface area contributed by atoms with Gasteiger partial charge in [-0.3, -0.25) is 4.79 Å². The van der Waals surface area contributed by atoms with Crippen molar-refractivity contribution in [2.24, 2.45) is 0 Å². The van der Waals surface area contributed by atoms with E-state index >= 15 is 0 Å². The number of halogens is 2. The normalized spacial score (nSPS) is 10.7. The summed E-state index contributed by atoms with van der Waals surface area (Å²) in [5, 5.41) is 5.82. The zero-order chi connectivity index (χ0) is 13.0. The summed E-state index contributed by atoms with van der Waals surface area (Å²) in [7, 11) is 0. The molecule has 0 saturated heterocycles. The van der Waals surface area contributed by atoms with Gasteiger partial charge in [0.15, 0.2) is 0 Å². The lowest BCUT2D eigenvalue weighted by Crippen LogP contribution is -2.32. The fraction of sp³-hybridized carbons (Fsp3) is 0.417. The maximum atomic E-state index is 13.1. The Hall–Kier alpha value is -1.13. The van der Waals surface area contributed by atoms with Gasteiger partial charge in [-0.05, 0) is 24.6 Å². The summed E-state index contributed by atoms with van der Waals surface area (Å²) in [6, 6.07) is 2.94. The molecule has 1 aromatic rings. The Kier molecular flexibility index (Phi) is 4.90. The molecule has 5 heteroatoms. The molecule has 0 aliphatic carbocycles. The molecule has 0 radical (unpaired) electrons. The zero-order valence-corrected chi connectivity index (χ0v) is 10.9. The molecule has 0 heterocycles. The Morgan fingerprint density at radius 3 is 2.71 bits per heavy atom. The first-order valence-electron chi connectivity index (χ1n) is 5.39. The standard InChI is InChI=1S/C12H16ClFN2O/c1-7(2)15-6-12(17)16-11-4-8(3)10(14)5-9(11)13/h4-5,7,15H,6H2,1-3H3,(H,16,17). The predicted molar refractivity (Wildman–Crippen MR) is 67.9 cm³/mol. The Morgan fingerprint density at radius 2 is 2.12 bits per heavy atom. The van der Waals surface area contributed by atoms with Crippen LogP contribution in [0.3, 0.4) is 0 Å². The minimum atomic E-state index is -0.381. The summed E-state index contributed by atoms with van der Waals surface area (Å²) >= 11 is 5.83. The fourth-order valence-corrected chi connectivity index (χ4v) is 1.44. The van der Waals surface area contributed by atoms with Crippen LogP contribution in [0.15, 0.2) is 12.1 Å². The third kappa shape index (κ3) is 4.32. The first kappa shape index (κ1) is 13.9. The molecule has 0 fully saturated rings. The number of hydrogen-bond acceptors (Lipinski definition) is 2. The monoisotopic (exact) mass is 258 g/mol. The van der Waals surface area contributed by atoms with Crippen LogP contribution >= 0.6 is 11.6 Å². The Morgan fingerprint density at radius 1 is 1.47 bits per heavy atom. The lowest BCUT2D eigenvalue weighted by Gasteiger charge is -2.11. The molecule has 0 aromatic heterocycles. The molecule has 2 N–H and O–H groups in total. The number of carbonyl (C=O) groups excluding carboxylic acids is 1. The van der Waals surface area contributed by atoms with Crippen LogP contribution < -0.4 is 10.6 Å². The van der Waals surface area contributed by atoms with E-state index in [0.29, 0.717) is 11.3 Å². The van der Waals surface area contributed by atoms with Gasteiger partial charge in [-0.15, -0.1) is 0 Å². The summed E-state index contributed by atoms with van der Waals surface area (Å²) in [6.45, 7) is 5.71. The van der Waals surface area contributed by atoms with E-state index in [1.54, 1.807) is 6.92 Å². The maximum Gasteiger partial charge on any atom is 0.238 e. The molecule has 0 unspecified atom stereocenters. The van der Waals surface area contributed by atoms with Crippen LogP contribution in [0.1, 0.15) is 19.4 Å². The highest BCUT2D eigenvalue weighted by Gasteiger charge is 2.09. The molecular formula is C12H16ClFN2O. The van der Waals surface area contributed by atoms with E-state index in [-0.39, 0.29) is 29.3 Å². The first-order valence-corrected chi connectivity index (χ1v) is 5.77. The molecule has 1 rings (SSSR count). The average molecular weight is 259 g/mol. The summed E-state index contributed by atoms with van der Waals surface area (Å²) in [4.78, 5) is 11.5. The predicted octanol–water partition coefficient (Wildman–Crippen LogP) is 2.72. The second-order valence-corrected chi connectivity index (χ2v) is 4.57. The Balaban J connectivity index is 2.68. The minimum Gasteiger partial charge on any atom is -0.324 e. The van der Waals surface area contributed by atoms with Crippen LogP contribution in [-0.2, 0) is 4.79 Å². The number of amides is 1. The van der Waals surface area contributed by atoms with Gasteiger partial charge >= 0.3 is 0 Å². The molecule has 0 spiro atoms. The lowest BCUT2D eigenvalue weighted by atomic mass is 10.2. The molecular weight excluding hydrogens is 243 g/mol. The highest BCUT2D eigenvalue weighted by molar-refractivity contribution is 6.33. The molecule has 0 saturated carbocycles. The summed E-state index contributed by atoms with van der Waals surface area (Å²) < 4.78 is 13.1. The van der Waals surface area contributed by atoms with E-state index in [9.17, 15) is 9.18 Å². The van der Waals surface area contributed by atoms with Gasteiger partial charge in [0.25, 0.3) is 0 Å². The van der Waals surface area contributed by atoms with Crippen molar-refractivity contribution in [1.82, 2.24) is 5.32 Å². The Labute approximate surface area is 105 Å². The Bertz CT molecular complexity index is 421. The quantitative estimate of drug-likeness (QED) is 0.872. The summed E-state index contributed by atoms with van der Waals surface area (Å²) in [5.41, 5.74) is 0.877. The van der Waals surface area contributed by atoms with Crippen molar-refractivity contribution < 1.29 is 9.18 Å². The number of carbonyl (C=O) groups is 1.